The van der Waals surface area contributed by atoms with E-state index < -0.39 is 10.0 Å². The van der Waals surface area contributed by atoms with Crippen LogP contribution in [0.25, 0.3) is 0 Å². The molecule has 0 aromatic carbocycles. The van der Waals surface area contributed by atoms with Crippen LogP contribution >= 0.6 is 0 Å². The average molecular weight is 232 g/mol. The van der Waals surface area contributed by atoms with E-state index in [0.717, 1.165) is 19.3 Å². The summed E-state index contributed by atoms with van der Waals surface area (Å²) in [6, 6.07) is 0.0599. The Bertz CT molecular complexity index is 309. The van der Waals surface area contributed by atoms with Gasteiger partial charge in [-0.2, -0.15) is 0 Å². The molecule has 2 atom stereocenters. The van der Waals surface area contributed by atoms with Gasteiger partial charge in [-0.05, 0) is 25.2 Å². The highest BCUT2D eigenvalue weighted by atomic mass is 32.2. The smallest absolute Gasteiger partial charge is 0.212 e. The standard InChI is InChI=1S/C10H20N2O2S/c11-9-6-10(9)12-15(13,14)7-8-4-2-1-3-5-8/h8-10,12H,1-7,11H2. The Morgan fingerprint density at radius 3 is 2.33 bits per heavy atom. The van der Waals surface area contributed by atoms with Crippen molar-refractivity contribution in [1.29, 1.82) is 0 Å². The molecular weight excluding hydrogens is 212 g/mol. The van der Waals surface area contributed by atoms with E-state index in [1.54, 1.807) is 0 Å². The zero-order valence-corrected chi connectivity index (χ0v) is 9.80. The van der Waals surface area contributed by atoms with Gasteiger partial charge in [0.25, 0.3) is 0 Å². The molecule has 88 valence electrons. The molecule has 0 radical (unpaired) electrons. The van der Waals surface area contributed by atoms with Crippen LogP contribution in [0.15, 0.2) is 0 Å². The SMILES string of the molecule is NC1CC1NS(=O)(=O)CC1CCCCC1. The van der Waals surface area contributed by atoms with Gasteiger partial charge < -0.3 is 5.73 Å². The second kappa shape index (κ2) is 4.39. The highest BCUT2D eigenvalue weighted by Gasteiger charge is 2.37. The summed E-state index contributed by atoms with van der Waals surface area (Å²) in [5, 5.41) is 0. The number of nitrogens with one attached hydrogen (secondary N) is 1. The zero-order valence-electron chi connectivity index (χ0n) is 8.98. The van der Waals surface area contributed by atoms with Crippen molar-refractivity contribution in [2.75, 3.05) is 5.75 Å². The van der Waals surface area contributed by atoms with Crippen molar-refractivity contribution in [3.05, 3.63) is 0 Å². The molecule has 2 rings (SSSR count). The predicted octanol–water partition coefficient (Wildman–Crippen LogP) is 0.586. The number of sulfonamides is 1. The fraction of sp³-hybridized carbons (Fsp3) is 1.00. The second-order valence-corrected chi connectivity index (χ2v) is 6.71. The van der Waals surface area contributed by atoms with Crippen molar-refractivity contribution < 1.29 is 8.42 Å². The van der Waals surface area contributed by atoms with Gasteiger partial charge in [0.1, 0.15) is 0 Å². The molecule has 5 heteroatoms. The second-order valence-electron chi connectivity index (χ2n) is 4.91. The van der Waals surface area contributed by atoms with E-state index >= 15 is 0 Å². The van der Waals surface area contributed by atoms with Crippen molar-refractivity contribution in [3.63, 3.8) is 0 Å². The van der Waals surface area contributed by atoms with Gasteiger partial charge in [0.2, 0.25) is 10.0 Å². The molecule has 2 aliphatic carbocycles. The zero-order chi connectivity index (χ0) is 10.9. The van der Waals surface area contributed by atoms with Gasteiger partial charge in [0.15, 0.2) is 0 Å². The lowest BCUT2D eigenvalue weighted by molar-refractivity contribution is 0.384. The quantitative estimate of drug-likeness (QED) is 0.745. The van der Waals surface area contributed by atoms with Gasteiger partial charge in [0.05, 0.1) is 5.75 Å². The summed E-state index contributed by atoms with van der Waals surface area (Å²) in [5.74, 6) is 0.669. The van der Waals surface area contributed by atoms with Crippen LogP contribution in [-0.2, 0) is 10.0 Å². The summed E-state index contributed by atoms with van der Waals surface area (Å²) in [7, 11) is -3.08. The Morgan fingerprint density at radius 1 is 1.20 bits per heavy atom. The van der Waals surface area contributed by atoms with Gasteiger partial charge in [-0.1, -0.05) is 19.3 Å². The Kier molecular flexibility index (Phi) is 3.33. The molecule has 2 aliphatic rings. The summed E-state index contributed by atoms with van der Waals surface area (Å²) in [6.07, 6.45) is 6.56. The van der Waals surface area contributed by atoms with E-state index in [0.29, 0.717) is 11.7 Å². The minimum atomic E-state index is -3.08. The van der Waals surface area contributed by atoms with Crippen LogP contribution in [0.3, 0.4) is 0 Å². The molecule has 2 fully saturated rings. The van der Waals surface area contributed by atoms with Crippen LogP contribution in [0.4, 0.5) is 0 Å². The molecule has 0 bridgehead atoms. The maximum Gasteiger partial charge on any atom is 0.212 e. The van der Waals surface area contributed by atoms with E-state index in [4.69, 9.17) is 5.73 Å². The Hall–Kier alpha value is -0.130. The fourth-order valence-corrected chi connectivity index (χ4v) is 4.08. The van der Waals surface area contributed by atoms with E-state index in [1.165, 1.54) is 19.3 Å². The predicted molar refractivity (Wildman–Crippen MR) is 59.9 cm³/mol. The largest absolute Gasteiger partial charge is 0.326 e. The van der Waals surface area contributed by atoms with Crippen molar-refractivity contribution in [1.82, 2.24) is 4.72 Å². The fourth-order valence-electron chi connectivity index (χ4n) is 2.29. The lowest BCUT2D eigenvalue weighted by Gasteiger charge is -2.21. The van der Waals surface area contributed by atoms with E-state index in [1.807, 2.05) is 0 Å². The Balaban J connectivity index is 1.80. The van der Waals surface area contributed by atoms with Gasteiger partial charge in [-0.3, -0.25) is 0 Å². The number of nitrogens with two attached hydrogens (primary N) is 1. The molecule has 0 aromatic heterocycles. The molecule has 0 heterocycles. The molecule has 0 spiro atoms. The maximum atomic E-state index is 11.7. The summed E-state index contributed by atoms with van der Waals surface area (Å²) in [6.45, 7) is 0. The van der Waals surface area contributed by atoms with Crippen LogP contribution < -0.4 is 10.5 Å². The molecule has 2 unspecified atom stereocenters. The van der Waals surface area contributed by atoms with E-state index in [-0.39, 0.29) is 12.1 Å². The van der Waals surface area contributed by atoms with Crippen LogP contribution in [-0.4, -0.2) is 26.3 Å². The lowest BCUT2D eigenvalue weighted by atomic mass is 9.91. The Labute approximate surface area is 91.7 Å². The molecule has 0 saturated heterocycles. The maximum absolute atomic E-state index is 11.7. The molecule has 0 amide bonds. The first-order chi connectivity index (χ1) is 7.07. The average Bonchev–Trinajstić information content (AvgIpc) is 2.81. The van der Waals surface area contributed by atoms with Crippen LogP contribution in [0.1, 0.15) is 38.5 Å². The third-order valence-electron chi connectivity index (χ3n) is 3.35. The molecule has 4 nitrogen and oxygen atoms in total. The third kappa shape index (κ3) is 3.43. The van der Waals surface area contributed by atoms with Gasteiger partial charge >= 0.3 is 0 Å². The summed E-state index contributed by atoms with van der Waals surface area (Å²) in [5.41, 5.74) is 5.58. The van der Waals surface area contributed by atoms with Gasteiger partial charge in [-0.15, -0.1) is 0 Å². The highest BCUT2D eigenvalue weighted by molar-refractivity contribution is 7.89. The number of hydrogen-bond acceptors (Lipinski definition) is 3. The van der Waals surface area contributed by atoms with E-state index in [9.17, 15) is 8.42 Å². The summed E-state index contributed by atoms with van der Waals surface area (Å²) < 4.78 is 26.1. The van der Waals surface area contributed by atoms with Gasteiger partial charge in [-0.25, -0.2) is 13.1 Å². The van der Waals surface area contributed by atoms with Crippen molar-refractivity contribution >= 4 is 10.0 Å². The van der Waals surface area contributed by atoms with Crippen molar-refractivity contribution in [2.45, 2.75) is 50.6 Å². The molecule has 3 N–H and O–H groups in total. The van der Waals surface area contributed by atoms with Crippen LogP contribution in [0.5, 0.6) is 0 Å². The molecule has 2 saturated carbocycles. The normalized spacial score (nSPS) is 32.9. The molecule has 15 heavy (non-hydrogen) atoms. The van der Waals surface area contributed by atoms with Crippen molar-refractivity contribution in [3.8, 4) is 0 Å². The number of rotatable bonds is 4. The molecule has 0 aliphatic heterocycles. The first kappa shape index (κ1) is 11.4. The Morgan fingerprint density at radius 2 is 1.80 bits per heavy atom. The van der Waals surface area contributed by atoms with E-state index in [2.05, 4.69) is 4.72 Å². The lowest BCUT2D eigenvalue weighted by Crippen LogP contribution is -2.34. The monoisotopic (exact) mass is 232 g/mol. The minimum Gasteiger partial charge on any atom is -0.326 e. The van der Waals surface area contributed by atoms with Gasteiger partial charge in [0, 0.05) is 12.1 Å². The van der Waals surface area contributed by atoms with Crippen LogP contribution in [0, 0.1) is 5.92 Å². The topological polar surface area (TPSA) is 72.2 Å². The van der Waals surface area contributed by atoms with Crippen molar-refractivity contribution in [2.24, 2.45) is 11.7 Å². The minimum absolute atomic E-state index is 0.0126. The molecular formula is C10H20N2O2S. The highest BCUT2D eigenvalue weighted by Crippen LogP contribution is 2.26. The number of hydrogen-bond donors (Lipinski definition) is 2. The third-order valence-corrected chi connectivity index (χ3v) is 4.92. The first-order valence-electron chi connectivity index (χ1n) is 5.82. The summed E-state index contributed by atoms with van der Waals surface area (Å²) >= 11 is 0. The molecule has 0 aromatic rings. The first-order valence-corrected chi connectivity index (χ1v) is 7.47. The summed E-state index contributed by atoms with van der Waals surface area (Å²) in [4.78, 5) is 0. The van der Waals surface area contributed by atoms with Crippen LogP contribution in [0.2, 0.25) is 0 Å².